The summed E-state index contributed by atoms with van der Waals surface area (Å²) in [6, 6.07) is 10.9. The Morgan fingerprint density at radius 3 is 2.21 bits per heavy atom. The Kier molecular flexibility index (Phi) is 4.19. The molecule has 1 saturated carbocycles. The number of hydrogen-bond acceptors (Lipinski definition) is 2. The van der Waals surface area contributed by atoms with Crippen molar-refractivity contribution in [1.29, 1.82) is 0 Å². The summed E-state index contributed by atoms with van der Waals surface area (Å²) in [6.07, 6.45) is 5.54. The first-order valence-electron chi connectivity index (χ1n) is 7.81. The van der Waals surface area contributed by atoms with Crippen LogP contribution in [0.15, 0.2) is 30.3 Å². The molecule has 2 N–H and O–H groups in total. The molecule has 1 aromatic carbocycles. The Labute approximate surface area is 117 Å². The molecule has 1 aliphatic carbocycles. The van der Waals surface area contributed by atoms with Crippen LogP contribution in [0, 0.1) is 17.8 Å². The van der Waals surface area contributed by atoms with Gasteiger partial charge in [-0.25, -0.2) is 0 Å². The van der Waals surface area contributed by atoms with E-state index in [0.717, 1.165) is 30.8 Å². The van der Waals surface area contributed by atoms with Gasteiger partial charge in [-0.15, -0.1) is 0 Å². The number of nitrogens with two attached hydrogens (primary N) is 1. The molecule has 0 radical (unpaired) electrons. The van der Waals surface area contributed by atoms with E-state index in [2.05, 4.69) is 35.2 Å². The van der Waals surface area contributed by atoms with Crippen molar-refractivity contribution in [2.24, 2.45) is 23.5 Å². The highest BCUT2D eigenvalue weighted by Gasteiger charge is 2.35. The number of benzene rings is 1. The van der Waals surface area contributed by atoms with Crippen molar-refractivity contribution in [2.45, 2.75) is 32.2 Å². The average molecular weight is 258 g/mol. The predicted octanol–water partition coefficient (Wildman–Crippen LogP) is 2.88. The van der Waals surface area contributed by atoms with Gasteiger partial charge in [0.1, 0.15) is 0 Å². The zero-order valence-corrected chi connectivity index (χ0v) is 11.8. The maximum atomic E-state index is 5.85. The van der Waals surface area contributed by atoms with E-state index in [4.69, 9.17) is 5.73 Å². The van der Waals surface area contributed by atoms with Gasteiger partial charge in [0.2, 0.25) is 0 Å². The summed E-state index contributed by atoms with van der Waals surface area (Å²) in [5.41, 5.74) is 7.30. The molecule has 2 unspecified atom stereocenters. The number of likely N-dealkylation sites (tertiary alicyclic amines) is 1. The molecule has 2 heteroatoms. The van der Waals surface area contributed by atoms with Crippen LogP contribution in [0.4, 0.5) is 0 Å². The quantitative estimate of drug-likeness (QED) is 0.903. The molecular formula is C17H26N2. The van der Waals surface area contributed by atoms with Crippen molar-refractivity contribution in [3.63, 3.8) is 0 Å². The monoisotopic (exact) mass is 258 g/mol. The minimum absolute atomic E-state index is 0.815. The molecule has 1 heterocycles. The zero-order chi connectivity index (χ0) is 13.1. The topological polar surface area (TPSA) is 29.3 Å². The minimum atomic E-state index is 0.815. The first-order valence-corrected chi connectivity index (χ1v) is 7.81. The maximum absolute atomic E-state index is 5.85. The van der Waals surface area contributed by atoms with E-state index in [1.54, 1.807) is 0 Å². The van der Waals surface area contributed by atoms with Crippen LogP contribution in [0.3, 0.4) is 0 Å². The molecule has 104 valence electrons. The van der Waals surface area contributed by atoms with E-state index in [0.29, 0.717) is 0 Å². The summed E-state index contributed by atoms with van der Waals surface area (Å²) in [7, 11) is 0. The van der Waals surface area contributed by atoms with E-state index < -0.39 is 0 Å². The molecule has 1 aliphatic heterocycles. The third kappa shape index (κ3) is 3.18. The van der Waals surface area contributed by atoms with Crippen LogP contribution >= 0.6 is 0 Å². The van der Waals surface area contributed by atoms with Crippen molar-refractivity contribution in [2.75, 3.05) is 19.6 Å². The fraction of sp³-hybridized carbons (Fsp3) is 0.647. The molecule has 0 amide bonds. The number of nitrogens with zero attached hydrogens (tertiary/aromatic N) is 1. The predicted molar refractivity (Wildman–Crippen MR) is 79.7 cm³/mol. The number of rotatable bonds is 3. The van der Waals surface area contributed by atoms with Gasteiger partial charge in [-0.1, -0.05) is 30.3 Å². The normalized spacial score (nSPS) is 31.9. The second-order valence-electron chi connectivity index (χ2n) is 6.43. The van der Waals surface area contributed by atoms with E-state index in [-0.39, 0.29) is 0 Å². The van der Waals surface area contributed by atoms with Crippen LogP contribution in [0.25, 0.3) is 0 Å². The van der Waals surface area contributed by atoms with Crippen LogP contribution in [-0.2, 0) is 6.54 Å². The Morgan fingerprint density at radius 2 is 1.63 bits per heavy atom. The molecule has 2 aliphatic rings. The van der Waals surface area contributed by atoms with Crippen molar-refractivity contribution in [3.05, 3.63) is 35.9 Å². The van der Waals surface area contributed by atoms with Gasteiger partial charge in [-0.3, -0.25) is 4.90 Å². The molecule has 19 heavy (non-hydrogen) atoms. The van der Waals surface area contributed by atoms with Gasteiger partial charge in [0.15, 0.2) is 0 Å². The summed E-state index contributed by atoms with van der Waals surface area (Å²) in [5, 5.41) is 0. The molecule has 2 nitrogen and oxygen atoms in total. The summed E-state index contributed by atoms with van der Waals surface area (Å²) >= 11 is 0. The molecule has 1 saturated heterocycles. The highest BCUT2D eigenvalue weighted by Crippen LogP contribution is 2.41. The number of hydrogen-bond donors (Lipinski definition) is 1. The summed E-state index contributed by atoms with van der Waals surface area (Å²) in [6.45, 7) is 4.57. The van der Waals surface area contributed by atoms with Gasteiger partial charge in [-0.2, -0.15) is 0 Å². The highest BCUT2D eigenvalue weighted by atomic mass is 15.1. The van der Waals surface area contributed by atoms with Crippen molar-refractivity contribution in [1.82, 2.24) is 4.90 Å². The largest absolute Gasteiger partial charge is 0.330 e. The molecule has 2 fully saturated rings. The fourth-order valence-corrected chi connectivity index (χ4v) is 4.05. The molecule has 2 atom stereocenters. The van der Waals surface area contributed by atoms with Gasteiger partial charge >= 0.3 is 0 Å². The Bertz CT molecular complexity index is 374. The van der Waals surface area contributed by atoms with Gasteiger partial charge in [-0.05, 0) is 68.6 Å². The molecule has 0 bridgehead atoms. The van der Waals surface area contributed by atoms with Gasteiger partial charge in [0.05, 0.1) is 0 Å². The summed E-state index contributed by atoms with van der Waals surface area (Å²) < 4.78 is 0. The molecule has 3 rings (SSSR count). The van der Waals surface area contributed by atoms with Crippen LogP contribution in [0.1, 0.15) is 31.2 Å². The third-order valence-electron chi connectivity index (χ3n) is 5.15. The Morgan fingerprint density at radius 1 is 1.00 bits per heavy atom. The number of fused-ring (bicyclic) bond motifs is 1. The van der Waals surface area contributed by atoms with E-state index in [9.17, 15) is 0 Å². The average Bonchev–Trinajstić information content (AvgIpc) is 2.77. The van der Waals surface area contributed by atoms with Crippen LogP contribution in [0.5, 0.6) is 0 Å². The van der Waals surface area contributed by atoms with Gasteiger partial charge < -0.3 is 5.73 Å². The molecule has 0 spiro atoms. The SMILES string of the molecule is NCC1CC2CCN(Cc3ccccc3)CCC2C1. The zero-order valence-electron chi connectivity index (χ0n) is 11.8. The molecular weight excluding hydrogens is 232 g/mol. The second-order valence-corrected chi connectivity index (χ2v) is 6.43. The summed E-state index contributed by atoms with van der Waals surface area (Å²) in [4.78, 5) is 2.64. The maximum Gasteiger partial charge on any atom is 0.0233 e. The lowest BCUT2D eigenvalue weighted by atomic mass is 9.92. The second kappa shape index (κ2) is 6.06. The molecule has 1 aromatic rings. The smallest absolute Gasteiger partial charge is 0.0233 e. The van der Waals surface area contributed by atoms with E-state index >= 15 is 0 Å². The van der Waals surface area contributed by atoms with Crippen LogP contribution < -0.4 is 5.73 Å². The highest BCUT2D eigenvalue weighted by molar-refractivity contribution is 5.14. The molecule has 0 aromatic heterocycles. The first kappa shape index (κ1) is 13.1. The van der Waals surface area contributed by atoms with Crippen molar-refractivity contribution in [3.8, 4) is 0 Å². The minimum Gasteiger partial charge on any atom is -0.330 e. The van der Waals surface area contributed by atoms with Crippen LogP contribution in [0.2, 0.25) is 0 Å². The van der Waals surface area contributed by atoms with E-state index in [1.165, 1.54) is 44.3 Å². The fourth-order valence-electron chi connectivity index (χ4n) is 4.05. The van der Waals surface area contributed by atoms with Crippen molar-refractivity contribution < 1.29 is 0 Å². The lowest BCUT2D eigenvalue weighted by molar-refractivity contribution is 0.266. The Balaban J connectivity index is 1.55. The first-order chi connectivity index (χ1) is 9.35. The lowest BCUT2D eigenvalue weighted by Gasteiger charge is -2.20. The van der Waals surface area contributed by atoms with E-state index in [1.807, 2.05) is 0 Å². The van der Waals surface area contributed by atoms with Crippen molar-refractivity contribution >= 4 is 0 Å². The van der Waals surface area contributed by atoms with Gasteiger partial charge in [0, 0.05) is 6.54 Å². The Hall–Kier alpha value is -0.860. The van der Waals surface area contributed by atoms with Gasteiger partial charge in [0.25, 0.3) is 0 Å². The summed E-state index contributed by atoms with van der Waals surface area (Å²) in [5.74, 6) is 2.72. The standard InChI is InChI=1S/C17H26N2/c18-12-15-10-16-6-8-19(9-7-17(16)11-15)13-14-4-2-1-3-5-14/h1-5,15-17H,6-13,18H2. The van der Waals surface area contributed by atoms with Crippen LogP contribution in [-0.4, -0.2) is 24.5 Å². The third-order valence-corrected chi connectivity index (χ3v) is 5.15. The lowest BCUT2D eigenvalue weighted by Crippen LogP contribution is -2.25.